The van der Waals surface area contributed by atoms with Crippen LogP contribution in [0.4, 0.5) is 17.3 Å². The molecule has 100 valence electrons. The van der Waals surface area contributed by atoms with Gasteiger partial charge in [-0.2, -0.15) is 0 Å². The summed E-state index contributed by atoms with van der Waals surface area (Å²) in [6, 6.07) is 2.73. The molecular weight excluding hydrogens is 236 g/mol. The standard InChI is InChI=1S/C11H18N4O3/c1-4-18-11(2,3)7-13-10-8(15(16)17)5-6-9(12)14-10/h5-6H,4,7H2,1-3H3,(H3,12,13,14). The van der Waals surface area contributed by atoms with E-state index in [-0.39, 0.29) is 17.3 Å². The Morgan fingerprint density at radius 1 is 1.56 bits per heavy atom. The number of ether oxygens (including phenoxy) is 1. The molecule has 0 aliphatic carbocycles. The Balaban J connectivity index is 2.83. The minimum atomic E-state index is -0.498. The van der Waals surface area contributed by atoms with Crippen LogP contribution in [0.2, 0.25) is 0 Å². The summed E-state index contributed by atoms with van der Waals surface area (Å²) >= 11 is 0. The molecule has 0 saturated heterocycles. The second-order valence-corrected chi connectivity index (χ2v) is 4.41. The second kappa shape index (κ2) is 5.63. The fourth-order valence-corrected chi connectivity index (χ4v) is 1.48. The number of hydrogen-bond donors (Lipinski definition) is 2. The molecule has 0 radical (unpaired) electrons. The molecule has 3 N–H and O–H groups in total. The van der Waals surface area contributed by atoms with E-state index >= 15 is 0 Å². The Kier molecular flexibility index (Phi) is 4.43. The Labute approximate surface area is 105 Å². The quantitative estimate of drug-likeness (QED) is 0.592. The van der Waals surface area contributed by atoms with Gasteiger partial charge in [0.1, 0.15) is 5.82 Å². The molecule has 0 aromatic carbocycles. The van der Waals surface area contributed by atoms with Crippen LogP contribution in [-0.4, -0.2) is 28.7 Å². The number of nitrogens with one attached hydrogen (secondary N) is 1. The van der Waals surface area contributed by atoms with E-state index < -0.39 is 10.5 Å². The number of nitrogen functional groups attached to an aromatic ring is 1. The third-order valence-electron chi connectivity index (χ3n) is 2.31. The van der Waals surface area contributed by atoms with E-state index in [1.165, 1.54) is 12.1 Å². The van der Waals surface area contributed by atoms with E-state index in [0.29, 0.717) is 13.2 Å². The van der Waals surface area contributed by atoms with Crippen molar-refractivity contribution in [2.45, 2.75) is 26.4 Å². The Morgan fingerprint density at radius 2 is 2.22 bits per heavy atom. The van der Waals surface area contributed by atoms with Gasteiger partial charge >= 0.3 is 5.69 Å². The lowest BCUT2D eigenvalue weighted by Crippen LogP contribution is -2.33. The van der Waals surface area contributed by atoms with E-state index in [4.69, 9.17) is 10.5 Å². The molecule has 0 aliphatic heterocycles. The first kappa shape index (κ1) is 14.2. The van der Waals surface area contributed by atoms with Crippen molar-refractivity contribution < 1.29 is 9.66 Å². The highest BCUT2D eigenvalue weighted by atomic mass is 16.6. The number of nitrogens with two attached hydrogens (primary N) is 1. The van der Waals surface area contributed by atoms with Crippen molar-refractivity contribution in [3.05, 3.63) is 22.2 Å². The summed E-state index contributed by atoms with van der Waals surface area (Å²) in [5.74, 6) is 0.394. The third kappa shape index (κ3) is 3.85. The van der Waals surface area contributed by atoms with E-state index in [2.05, 4.69) is 10.3 Å². The molecule has 1 aromatic heterocycles. The van der Waals surface area contributed by atoms with Crippen molar-refractivity contribution in [1.82, 2.24) is 4.98 Å². The Morgan fingerprint density at radius 3 is 2.78 bits per heavy atom. The summed E-state index contributed by atoms with van der Waals surface area (Å²) in [5, 5.41) is 13.7. The van der Waals surface area contributed by atoms with Crippen LogP contribution in [0.3, 0.4) is 0 Å². The number of pyridine rings is 1. The van der Waals surface area contributed by atoms with Crippen LogP contribution < -0.4 is 11.1 Å². The van der Waals surface area contributed by atoms with Crippen molar-refractivity contribution >= 4 is 17.3 Å². The maximum Gasteiger partial charge on any atom is 0.311 e. The van der Waals surface area contributed by atoms with Crippen molar-refractivity contribution in [1.29, 1.82) is 0 Å². The lowest BCUT2D eigenvalue weighted by molar-refractivity contribution is -0.384. The molecule has 0 bridgehead atoms. The monoisotopic (exact) mass is 254 g/mol. The van der Waals surface area contributed by atoms with E-state index in [0.717, 1.165) is 0 Å². The molecule has 1 rings (SSSR count). The summed E-state index contributed by atoms with van der Waals surface area (Å²) < 4.78 is 5.49. The van der Waals surface area contributed by atoms with E-state index in [1.54, 1.807) is 0 Å². The summed E-state index contributed by atoms with van der Waals surface area (Å²) in [6.45, 7) is 6.64. The summed E-state index contributed by atoms with van der Waals surface area (Å²) in [6.07, 6.45) is 0. The highest BCUT2D eigenvalue weighted by molar-refractivity contribution is 5.59. The molecule has 7 nitrogen and oxygen atoms in total. The van der Waals surface area contributed by atoms with Crippen LogP contribution in [0, 0.1) is 10.1 Å². The van der Waals surface area contributed by atoms with Gasteiger partial charge in [-0.25, -0.2) is 4.98 Å². The summed E-state index contributed by atoms with van der Waals surface area (Å²) in [7, 11) is 0. The second-order valence-electron chi connectivity index (χ2n) is 4.41. The molecular formula is C11H18N4O3. The fourth-order valence-electron chi connectivity index (χ4n) is 1.48. The zero-order valence-corrected chi connectivity index (χ0v) is 10.8. The minimum Gasteiger partial charge on any atom is -0.384 e. The van der Waals surface area contributed by atoms with Gasteiger partial charge in [0.2, 0.25) is 5.82 Å². The molecule has 0 aliphatic rings. The lowest BCUT2D eigenvalue weighted by atomic mass is 10.1. The first-order chi connectivity index (χ1) is 8.35. The molecule has 1 heterocycles. The highest BCUT2D eigenvalue weighted by Gasteiger charge is 2.21. The number of aromatic nitrogens is 1. The highest BCUT2D eigenvalue weighted by Crippen LogP contribution is 2.23. The van der Waals surface area contributed by atoms with Crippen LogP contribution in [0.5, 0.6) is 0 Å². The first-order valence-corrected chi connectivity index (χ1v) is 5.64. The topological polar surface area (TPSA) is 103 Å². The molecule has 0 amide bonds. The average molecular weight is 254 g/mol. The summed E-state index contributed by atoms with van der Waals surface area (Å²) in [4.78, 5) is 14.3. The van der Waals surface area contributed by atoms with Crippen LogP contribution in [0.1, 0.15) is 20.8 Å². The van der Waals surface area contributed by atoms with Crippen molar-refractivity contribution in [3.8, 4) is 0 Å². The smallest absolute Gasteiger partial charge is 0.311 e. The van der Waals surface area contributed by atoms with Gasteiger partial charge in [-0.3, -0.25) is 10.1 Å². The normalized spacial score (nSPS) is 11.3. The number of rotatable bonds is 6. The predicted octanol–water partition coefficient (Wildman–Crippen LogP) is 1.80. The number of nitrogens with zero attached hydrogens (tertiary/aromatic N) is 2. The number of hydrogen-bond acceptors (Lipinski definition) is 6. The molecule has 0 saturated carbocycles. The third-order valence-corrected chi connectivity index (χ3v) is 2.31. The van der Waals surface area contributed by atoms with Gasteiger partial charge in [0.05, 0.1) is 10.5 Å². The van der Waals surface area contributed by atoms with Gasteiger partial charge in [0.15, 0.2) is 0 Å². The van der Waals surface area contributed by atoms with Crippen LogP contribution in [-0.2, 0) is 4.74 Å². The molecule has 0 spiro atoms. The van der Waals surface area contributed by atoms with E-state index in [1.807, 2.05) is 20.8 Å². The Bertz CT molecular complexity index is 434. The Hall–Kier alpha value is -1.89. The lowest BCUT2D eigenvalue weighted by Gasteiger charge is -2.25. The zero-order chi connectivity index (χ0) is 13.8. The minimum absolute atomic E-state index is 0.100. The van der Waals surface area contributed by atoms with Gasteiger partial charge < -0.3 is 15.8 Å². The van der Waals surface area contributed by atoms with Crippen molar-refractivity contribution in [3.63, 3.8) is 0 Å². The molecule has 7 heteroatoms. The van der Waals surface area contributed by atoms with E-state index in [9.17, 15) is 10.1 Å². The summed E-state index contributed by atoms with van der Waals surface area (Å²) in [5.41, 5.74) is 4.98. The first-order valence-electron chi connectivity index (χ1n) is 5.64. The van der Waals surface area contributed by atoms with Gasteiger partial charge in [0, 0.05) is 19.2 Å². The zero-order valence-electron chi connectivity index (χ0n) is 10.8. The van der Waals surface area contributed by atoms with Crippen molar-refractivity contribution in [2.75, 3.05) is 24.2 Å². The van der Waals surface area contributed by atoms with Gasteiger partial charge in [0.25, 0.3) is 0 Å². The number of anilines is 2. The van der Waals surface area contributed by atoms with Crippen molar-refractivity contribution in [2.24, 2.45) is 0 Å². The van der Waals surface area contributed by atoms with Gasteiger partial charge in [-0.15, -0.1) is 0 Å². The fraction of sp³-hybridized carbons (Fsp3) is 0.545. The SMILES string of the molecule is CCOC(C)(C)CNc1nc(N)ccc1[N+](=O)[O-]. The maximum absolute atomic E-state index is 10.8. The number of nitro groups is 1. The maximum atomic E-state index is 10.8. The van der Waals surface area contributed by atoms with Crippen LogP contribution in [0.25, 0.3) is 0 Å². The molecule has 0 unspecified atom stereocenters. The predicted molar refractivity (Wildman–Crippen MR) is 69.5 cm³/mol. The average Bonchev–Trinajstić information content (AvgIpc) is 2.26. The molecule has 1 aromatic rings. The molecule has 0 fully saturated rings. The largest absolute Gasteiger partial charge is 0.384 e. The van der Waals surface area contributed by atoms with Crippen LogP contribution in [0.15, 0.2) is 12.1 Å². The van der Waals surface area contributed by atoms with Gasteiger partial charge in [-0.05, 0) is 26.8 Å². The molecule has 0 atom stereocenters. The van der Waals surface area contributed by atoms with Crippen LogP contribution >= 0.6 is 0 Å². The van der Waals surface area contributed by atoms with Gasteiger partial charge in [-0.1, -0.05) is 0 Å². The molecule has 18 heavy (non-hydrogen) atoms.